The molecule has 0 spiro atoms. The summed E-state index contributed by atoms with van der Waals surface area (Å²) in [5.74, 6) is -0.114. The normalized spacial score (nSPS) is 24.9. The van der Waals surface area contributed by atoms with E-state index in [0.717, 1.165) is 43.3 Å². The summed E-state index contributed by atoms with van der Waals surface area (Å²) in [6.07, 6.45) is 4.01. The Hall–Kier alpha value is -1.96. The first-order valence-corrected chi connectivity index (χ1v) is 10.4. The van der Waals surface area contributed by atoms with Crippen LogP contribution in [0.5, 0.6) is 0 Å². The van der Waals surface area contributed by atoms with Crippen LogP contribution in [0.2, 0.25) is 0 Å². The van der Waals surface area contributed by atoms with E-state index in [-0.39, 0.29) is 18.0 Å². The minimum absolute atomic E-state index is 0.0821. The van der Waals surface area contributed by atoms with Crippen molar-refractivity contribution in [2.24, 2.45) is 0 Å². The molecule has 0 saturated carbocycles. The number of aliphatic hydroxyl groups is 1. The molecule has 1 amide bonds. The number of hydrogen-bond acceptors (Lipinski definition) is 5. The molecule has 2 aliphatic rings. The molecule has 2 atom stereocenters. The third kappa shape index (κ3) is 4.06. The molecule has 3 heterocycles. The lowest BCUT2D eigenvalue weighted by Gasteiger charge is -2.38. The minimum Gasteiger partial charge on any atom is -0.390 e. The summed E-state index contributed by atoms with van der Waals surface area (Å²) in [5, 5.41) is 22.8. The summed E-state index contributed by atoms with van der Waals surface area (Å²) in [6, 6.07) is 8.23. The van der Waals surface area contributed by atoms with E-state index < -0.39 is 5.60 Å². The van der Waals surface area contributed by atoms with Crippen LogP contribution in [-0.2, 0) is 11.3 Å². The standard InChI is InChI=1S/C21H30N4O3/c1-2-25-18-6-4-3-5-17(18)19(24-25)20(26)23-16-8-7-15(22-14-16)13-21(27)9-11-28-12-10-21/h3-6,15-16,22,27H,2,7-14H2,1H3,(H,23,26). The average molecular weight is 386 g/mol. The molecule has 7 nitrogen and oxygen atoms in total. The molecular formula is C21H30N4O3. The minimum atomic E-state index is -0.613. The van der Waals surface area contributed by atoms with Crippen LogP contribution >= 0.6 is 0 Å². The largest absolute Gasteiger partial charge is 0.390 e. The van der Waals surface area contributed by atoms with E-state index in [0.29, 0.717) is 31.7 Å². The van der Waals surface area contributed by atoms with Gasteiger partial charge in [0.2, 0.25) is 0 Å². The predicted molar refractivity (Wildman–Crippen MR) is 107 cm³/mol. The molecule has 0 bridgehead atoms. The van der Waals surface area contributed by atoms with Gasteiger partial charge in [-0.05, 0) is 45.1 Å². The zero-order valence-electron chi connectivity index (χ0n) is 16.5. The number of nitrogens with zero attached hydrogens (tertiary/aromatic N) is 2. The number of fused-ring (bicyclic) bond motifs is 1. The van der Waals surface area contributed by atoms with Crippen molar-refractivity contribution in [3.05, 3.63) is 30.0 Å². The Morgan fingerprint density at radius 2 is 2.14 bits per heavy atom. The van der Waals surface area contributed by atoms with E-state index in [1.165, 1.54) is 0 Å². The lowest BCUT2D eigenvalue weighted by atomic mass is 9.84. The lowest BCUT2D eigenvalue weighted by Crippen LogP contribution is -2.52. The molecule has 2 unspecified atom stereocenters. The summed E-state index contributed by atoms with van der Waals surface area (Å²) in [6.45, 7) is 4.75. The van der Waals surface area contributed by atoms with Crippen molar-refractivity contribution in [2.45, 2.75) is 63.3 Å². The number of hydrogen-bond donors (Lipinski definition) is 3. The van der Waals surface area contributed by atoms with Crippen molar-refractivity contribution in [1.82, 2.24) is 20.4 Å². The van der Waals surface area contributed by atoms with E-state index in [1.54, 1.807) is 0 Å². The van der Waals surface area contributed by atoms with Gasteiger partial charge in [-0.2, -0.15) is 5.10 Å². The van der Waals surface area contributed by atoms with Gasteiger partial charge in [0, 0.05) is 43.8 Å². The van der Waals surface area contributed by atoms with Gasteiger partial charge in [0.05, 0.1) is 11.1 Å². The van der Waals surface area contributed by atoms with Gasteiger partial charge in [-0.25, -0.2) is 0 Å². The number of para-hydroxylation sites is 1. The number of nitrogens with one attached hydrogen (secondary N) is 2. The highest BCUT2D eigenvalue weighted by Crippen LogP contribution is 2.28. The highest BCUT2D eigenvalue weighted by molar-refractivity contribution is 6.04. The van der Waals surface area contributed by atoms with Crippen LogP contribution in [-0.4, -0.2) is 58.2 Å². The van der Waals surface area contributed by atoms with Crippen molar-refractivity contribution >= 4 is 16.8 Å². The fraction of sp³-hybridized carbons (Fsp3) is 0.619. The number of benzene rings is 1. The van der Waals surface area contributed by atoms with E-state index >= 15 is 0 Å². The van der Waals surface area contributed by atoms with Crippen LogP contribution in [0.15, 0.2) is 24.3 Å². The van der Waals surface area contributed by atoms with E-state index in [1.807, 2.05) is 35.9 Å². The molecule has 28 heavy (non-hydrogen) atoms. The van der Waals surface area contributed by atoms with Crippen molar-refractivity contribution in [3.8, 4) is 0 Å². The van der Waals surface area contributed by atoms with Gasteiger partial charge in [0.1, 0.15) is 0 Å². The van der Waals surface area contributed by atoms with Crippen LogP contribution in [0, 0.1) is 0 Å². The molecule has 4 rings (SSSR count). The molecule has 0 aliphatic carbocycles. The van der Waals surface area contributed by atoms with Crippen LogP contribution in [0.1, 0.15) is 49.5 Å². The molecule has 2 aliphatic heterocycles. The third-order valence-electron chi connectivity index (χ3n) is 6.07. The van der Waals surface area contributed by atoms with Crippen LogP contribution in [0.3, 0.4) is 0 Å². The van der Waals surface area contributed by atoms with Gasteiger partial charge in [-0.3, -0.25) is 9.48 Å². The maximum absolute atomic E-state index is 12.8. The number of carbonyl (C=O) groups excluding carboxylic acids is 1. The number of rotatable bonds is 5. The van der Waals surface area contributed by atoms with Gasteiger partial charge in [0.15, 0.2) is 5.69 Å². The Kier molecular flexibility index (Phi) is 5.66. The van der Waals surface area contributed by atoms with Crippen molar-refractivity contribution in [3.63, 3.8) is 0 Å². The second-order valence-electron chi connectivity index (χ2n) is 8.08. The highest BCUT2D eigenvalue weighted by Gasteiger charge is 2.34. The Balaban J connectivity index is 1.34. The number of carbonyl (C=O) groups is 1. The summed E-state index contributed by atoms with van der Waals surface area (Å²) >= 11 is 0. The molecule has 1 aromatic heterocycles. The molecule has 0 radical (unpaired) electrons. The summed E-state index contributed by atoms with van der Waals surface area (Å²) in [7, 11) is 0. The number of aryl methyl sites for hydroxylation is 1. The zero-order valence-corrected chi connectivity index (χ0v) is 16.5. The summed E-state index contributed by atoms with van der Waals surface area (Å²) in [4.78, 5) is 12.8. The molecule has 2 aromatic rings. The molecule has 7 heteroatoms. The number of ether oxygens (including phenoxy) is 1. The van der Waals surface area contributed by atoms with Crippen LogP contribution in [0.25, 0.3) is 10.9 Å². The molecule has 152 valence electrons. The molecule has 3 N–H and O–H groups in total. The van der Waals surface area contributed by atoms with Crippen LogP contribution < -0.4 is 10.6 Å². The lowest BCUT2D eigenvalue weighted by molar-refractivity contribution is -0.0742. The summed E-state index contributed by atoms with van der Waals surface area (Å²) < 4.78 is 7.23. The second-order valence-corrected chi connectivity index (χ2v) is 8.08. The average Bonchev–Trinajstić information content (AvgIpc) is 3.09. The van der Waals surface area contributed by atoms with Gasteiger partial charge in [-0.15, -0.1) is 0 Å². The quantitative estimate of drug-likeness (QED) is 0.730. The van der Waals surface area contributed by atoms with Crippen molar-refractivity contribution in [1.29, 1.82) is 0 Å². The van der Waals surface area contributed by atoms with E-state index in [4.69, 9.17) is 4.74 Å². The maximum Gasteiger partial charge on any atom is 0.272 e. The topological polar surface area (TPSA) is 88.4 Å². The van der Waals surface area contributed by atoms with E-state index in [2.05, 4.69) is 15.7 Å². The molecule has 1 aromatic carbocycles. The fourth-order valence-corrected chi connectivity index (χ4v) is 4.42. The number of piperidine rings is 1. The Morgan fingerprint density at radius 1 is 1.36 bits per heavy atom. The zero-order chi connectivity index (χ0) is 19.6. The number of aromatic nitrogens is 2. The maximum atomic E-state index is 12.8. The van der Waals surface area contributed by atoms with Crippen LogP contribution in [0.4, 0.5) is 0 Å². The first-order chi connectivity index (χ1) is 13.6. The molecular weight excluding hydrogens is 356 g/mol. The SMILES string of the molecule is CCn1nc(C(=O)NC2CCC(CC3(O)CCOCC3)NC2)c2ccccc21. The van der Waals surface area contributed by atoms with Crippen molar-refractivity contribution in [2.75, 3.05) is 19.8 Å². The number of amides is 1. The monoisotopic (exact) mass is 386 g/mol. The fourth-order valence-electron chi connectivity index (χ4n) is 4.42. The van der Waals surface area contributed by atoms with Gasteiger partial charge in [0.25, 0.3) is 5.91 Å². The summed E-state index contributed by atoms with van der Waals surface area (Å²) in [5.41, 5.74) is 0.871. The Bertz CT molecular complexity index is 820. The molecule has 2 saturated heterocycles. The van der Waals surface area contributed by atoms with Gasteiger partial charge >= 0.3 is 0 Å². The Morgan fingerprint density at radius 3 is 2.86 bits per heavy atom. The predicted octanol–water partition coefficient (Wildman–Crippen LogP) is 1.84. The van der Waals surface area contributed by atoms with Gasteiger partial charge < -0.3 is 20.5 Å². The van der Waals surface area contributed by atoms with Gasteiger partial charge in [-0.1, -0.05) is 18.2 Å². The van der Waals surface area contributed by atoms with Crippen molar-refractivity contribution < 1.29 is 14.6 Å². The van der Waals surface area contributed by atoms with E-state index in [9.17, 15) is 9.90 Å². The first kappa shape index (κ1) is 19.4. The highest BCUT2D eigenvalue weighted by atomic mass is 16.5. The molecule has 2 fully saturated rings. The smallest absolute Gasteiger partial charge is 0.272 e. The third-order valence-corrected chi connectivity index (χ3v) is 6.07. The first-order valence-electron chi connectivity index (χ1n) is 10.4. The Labute approximate surface area is 165 Å². The second kappa shape index (κ2) is 8.19.